The number of fused-ring (bicyclic) bond motifs is 2. The van der Waals surface area contributed by atoms with Gasteiger partial charge in [-0.25, -0.2) is 0 Å². The number of thioether (sulfide) groups is 1. The summed E-state index contributed by atoms with van der Waals surface area (Å²) in [6.07, 6.45) is 4.69. The van der Waals surface area contributed by atoms with E-state index in [4.69, 9.17) is 11.1 Å². The van der Waals surface area contributed by atoms with Gasteiger partial charge in [-0.1, -0.05) is 48.2 Å². The van der Waals surface area contributed by atoms with Gasteiger partial charge in [0, 0.05) is 46.5 Å². The Morgan fingerprint density at radius 2 is 1.70 bits per heavy atom. The number of aromatic nitrogens is 2. The Morgan fingerprint density at radius 1 is 1.00 bits per heavy atom. The number of carbonyl (C=O) groups excluding carboxylic acids is 2. The Morgan fingerprint density at radius 3 is 2.45 bits per heavy atom. The average Bonchev–Trinajstić information content (AvgIpc) is 3.42. The molecule has 5 rings (SSSR count). The van der Waals surface area contributed by atoms with Crippen LogP contribution in [0, 0.1) is 12.3 Å². The zero-order chi connectivity index (χ0) is 23.1. The lowest BCUT2D eigenvalue weighted by atomic mass is 10.0. The van der Waals surface area contributed by atoms with Gasteiger partial charge in [-0.05, 0) is 31.0 Å². The van der Waals surface area contributed by atoms with Gasteiger partial charge in [0.15, 0.2) is 5.17 Å². The molecule has 7 nitrogen and oxygen atoms in total. The van der Waals surface area contributed by atoms with Crippen molar-refractivity contribution in [2.75, 3.05) is 5.75 Å². The highest BCUT2D eigenvalue weighted by Gasteiger charge is 2.35. The molecule has 4 N–H and O–H groups in total. The first-order chi connectivity index (χ1) is 16.0. The summed E-state index contributed by atoms with van der Waals surface area (Å²) in [4.78, 5) is 26.0. The van der Waals surface area contributed by atoms with Gasteiger partial charge in [-0.15, -0.1) is 0 Å². The second-order valence-electron chi connectivity index (χ2n) is 8.03. The number of benzene rings is 2. The summed E-state index contributed by atoms with van der Waals surface area (Å²) in [5.74, 6) is -0.0513. The van der Waals surface area contributed by atoms with Crippen LogP contribution in [-0.2, 0) is 16.1 Å². The molecule has 3 heterocycles. The van der Waals surface area contributed by atoms with E-state index in [1.54, 1.807) is 0 Å². The van der Waals surface area contributed by atoms with E-state index in [1.165, 1.54) is 11.8 Å². The topological polar surface area (TPSA) is 106 Å². The highest BCUT2D eigenvalue weighted by atomic mass is 32.2. The Hall–Kier alpha value is -3.78. The monoisotopic (exact) mass is 457 g/mol. The van der Waals surface area contributed by atoms with Gasteiger partial charge in [0.1, 0.15) is 5.70 Å². The lowest BCUT2D eigenvalue weighted by molar-refractivity contribution is -0.122. The van der Waals surface area contributed by atoms with Crippen molar-refractivity contribution in [3.8, 4) is 0 Å². The van der Waals surface area contributed by atoms with Crippen LogP contribution in [0.15, 0.2) is 60.9 Å². The van der Waals surface area contributed by atoms with Crippen molar-refractivity contribution in [1.29, 1.82) is 5.41 Å². The van der Waals surface area contributed by atoms with Crippen molar-refractivity contribution >= 4 is 61.8 Å². The molecule has 1 aliphatic heterocycles. The van der Waals surface area contributed by atoms with Crippen LogP contribution in [-0.4, -0.2) is 31.9 Å². The third-order valence-electron chi connectivity index (χ3n) is 5.92. The normalized spacial score (nSPS) is 14.0. The number of amidine groups is 1. The van der Waals surface area contributed by atoms with Gasteiger partial charge in [0.25, 0.3) is 11.8 Å². The Labute approximate surface area is 194 Å². The first-order valence-electron chi connectivity index (χ1n) is 10.7. The number of nitrogens with one attached hydrogen (secondary N) is 2. The van der Waals surface area contributed by atoms with Crippen molar-refractivity contribution in [2.24, 2.45) is 5.73 Å². The molecular formula is C25H23N5O2S. The third kappa shape index (κ3) is 3.62. The van der Waals surface area contributed by atoms with Gasteiger partial charge in [-0.2, -0.15) is 0 Å². The molecule has 0 atom stereocenters. The molecule has 33 heavy (non-hydrogen) atoms. The predicted octanol–water partition coefficient (Wildman–Crippen LogP) is 3.95. The van der Waals surface area contributed by atoms with Gasteiger partial charge in [-0.3, -0.25) is 20.3 Å². The van der Waals surface area contributed by atoms with Crippen LogP contribution < -0.4 is 11.1 Å². The first-order valence-corrected chi connectivity index (χ1v) is 11.7. The smallest absolute Gasteiger partial charge is 0.275 e. The van der Waals surface area contributed by atoms with Crippen molar-refractivity contribution in [1.82, 2.24) is 14.5 Å². The minimum Gasteiger partial charge on any atom is -0.379 e. The van der Waals surface area contributed by atoms with E-state index in [2.05, 4.69) is 9.88 Å². The Bertz CT molecular complexity index is 1480. The van der Waals surface area contributed by atoms with E-state index in [0.29, 0.717) is 17.8 Å². The number of para-hydroxylation sites is 2. The molecule has 2 aromatic heterocycles. The molecule has 0 bridgehead atoms. The summed E-state index contributed by atoms with van der Waals surface area (Å²) in [6.45, 7) is 2.71. The van der Waals surface area contributed by atoms with E-state index in [1.807, 2.05) is 72.4 Å². The maximum absolute atomic E-state index is 13.0. The number of rotatable bonds is 6. The molecule has 2 aromatic carbocycles. The van der Waals surface area contributed by atoms with E-state index in [0.717, 1.165) is 45.1 Å². The standard InChI is InChI=1S/C25H23N5O2S/c1-15-13-30(20-10-5-2-7-16(15)20)22-21(23(31)28-24(22)32)18-14-29(11-6-12-33-25(26)27)19-9-4-3-8-17(18)19/h2-5,7-10,13-14H,6,11-12H2,1H3,(H3,26,27)(H,28,31,32). The molecule has 2 amide bonds. The molecule has 1 aliphatic rings. The number of hydrogen-bond acceptors (Lipinski definition) is 4. The van der Waals surface area contributed by atoms with E-state index in [-0.39, 0.29) is 11.1 Å². The molecular weight excluding hydrogens is 434 g/mol. The van der Waals surface area contributed by atoms with Gasteiger partial charge in [0.2, 0.25) is 0 Å². The van der Waals surface area contributed by atoms with Crippen molar-refractivity contribution in [2.45, 2.75) is 19.9 Å². The molecule has 0 saturated carbocycles. The molecule has 0 saturated heterocycles. The third-order valence-corrected chi connectivity index (χ3v) is 6.72. The second-order valence-corrected chi connectivity index (χ2v) is 9.16. The van der Waals surface area contributed by atoms with Crippen LogP contribution >= 0.6 is 11.8 Å². The number of nitrogens with two attached hydrogens (primary N) is 1. The predicted molar refractivity (Wildman–Crippen MR) is 134 cm³/mol. The van der Waals surface area contributed by atoms with Crippen LogP contribution in [0.25, 0.3) is 33.1 Å². The average molecular weight is 458 g/mol. The second kappa shape index (κ2) is 8.29. The minimum absolute atomic E-state index is 0.109. The number of carbonyl (C=O) groups is 2. The van der Waals surface area contributed by atoms with Gasteiger partial charge < -0.3 is 14.9 Å². The fourth-order valence-corrected chi connectivity index (χ4v) is 5.00. The van der Waals surface area contributed by atoms with Gasteiger partial charge in [0.05, 0.1) is 11.1 Å². The Kier molecular flexibility index (Phi) is 5.30. The van der Waals surface area contributed by atoms with Crippen LogP contribution in [0.5, 0.6) is 0 Å². The zero-order valence-corrected chi connectivity index (χ0v) is 18.9. The molecule has 0 unspecified atom stereocenters. The highest BCUT2D eigenvalue weighted by Crippen LogP contribution is 2.36. The van der Waals surface area contributed by atoms with Crippen molar-refractivity contribution < 1.29 is 9.59 Å². The van der Waals surface area contributed by atoms with Crippen LogP contribution in [0.2, 0.25) is 0 Å². The fourth-order valence-electron chi connectivity index (χ4n) is 4.51. The molecule has 0 fully saturated rings. The summed E-state index contributed by atoms with van der Waals surface area (Å²) in [5, 5.41) is 12.0. The highest BCUT2D eigenvalue weighted by molar-refractivity contribution is 8.13. The number of aryl methyl sites for hydroxylation is 2. The number of nitrogens with zero attached hydrogens (tertiary/aromatic N) is 2. The molecule has 0 radical (unpaired) electrons. The van der Waals surface area contributed by atoms with E-state index in [9.17, 15) is 9.59 Å². The van der Waals surface area contributed by atoms with E-state index < -0.39 is 5.91 Å². The summed E-state index contributed by atoms with van der Waals surface area (Å²) in [7, 11) is 0. The number of amides is 2. The zero-order valence-electron chi connectivity index (χ0n) is 18.1. The summed E-state index contributed by atoms with van der Waals surface area (Å²) in [5.41, 5.74) is 9.83. The summed E-state index contributed by atoms with van der Waals surface area (Å²) in [6, 6.07) is 15.8. The molecule has 0 aliphatic carbocycles. The molecule has 0 spiro atoms. The molecule has 166 valence electrons. The first kappa shape index (κ1) is 21.1. The maximum atomic E-state index is 13.0. The molecule has 8 heteroatoms. The van der Waals surface area contributed by atoms with E-state index >= 15 is 0 Å². The molecule has 4 aromatic rings. The van der Waals surface area contributed by atoms with Crippen LogP contribution in [0.3, 0.4) is 0 Å². The number of hydrogen-bond donors (Lipinski definition) is 3. The lowest BCUT2D eigenvalue weighted by Gasteiger charge is -2.07. The summed E-state index contributed by atoms with van der Waals surface area (Å²) >= 11 is 1.32. The van der Waals surface area contributed by atoms with Crippen LogP contribution in [0.1, 0.15) is 17.5 Å². The SMILES string of the molecule is Cc1cn(C2=C(c3cn(CCCSC(=N)N)c4ccccc34)C(=O)NC2=O)c2ccccc12. The van der Waals surface area contributed by atoms with Crippen molar-refractivity contribution in [3.63, 3.8) is 0 Å². The van der Waals surface area contributed by atoms with Crippen LogP contribution in [0.4, 0.5) is 0 Å². The Balaban J connectivity index is 1.67. The number of imide groups is 1. The van der Waals surface area contributed by atoms with Gasteiger partial charge >= 0.3 is 0 Å². The lowest BCUT2D eigenvalue weighted by Crippen LogP contribution is -2.23. The quantitative estimate of drug-likeness (QED) is 0.176. The minimum atomic E-state index is -0.398. The maximum Gasteiger partial charge on any atom is 0.275 e. The van der Waals surface area contributed by atoms with Crippen molar-refractivity contribution in [3.05, 3.63) is 72.1 Å². The largest absolute Gasteiger partial charge is 0.379 e. The summed E-state index contributed by atoms with van der Waals surface area (Å²) < 4.78 is 3.93. The fraction of sp³-hybridized carbons (Fsp3) is 0.160.